The van der Waals surface area contributed by atoms with Gasteiger partial charge in [-0.25, -0.2) is 13.2 Å². The normalized spacial score (nSPS) is 14.3. The summed E-state index contributed by atoms with van der Waals surface area (Å²) in [4.78, 5) is 15.8. The minimum absolute atomic E-state index is 0.314. The molecule has 1 aliphatic rings. The van der Waals surface area contributed by atoms with Crippen LogP contribution in [-0.2, 0) is 0 Å². The number of anilines is 1. The van der Waals surface area contributed by atoms with Gasteiger partial charge in [0.1, 0.15) is 0 Å². The number of rotatable bonds is 2. The van der Waals surface area contributed by atoms with Gasteiger partial charge < -0.3 is 9.80 Å². The van der Waals surface area contributed by atoms with Crippen LogP contribution in [0.15, 0.2) is 36.4 Å². The van der Waals surface area contributed by atoms with Crippen LogP contribution in [0.25, 0.3) is 0 Å². The first kappa shape index (κ1) is 16.8. The van der Waals surface area contributed by atoms with Crippen LogP contribution >= 0.6 is 0 Å². The zero-order valence-corrected chi connectivity index (χ0v) is 13.2. The van der Waals surface area contributed by atoms with Gasteiger partial charge in [-0.2, -0.15) is 5.26 Å². The Balaban J connectivity index is 1.71. The molecule has 2 aromatic rings. The molecule has 1 aliphatic heterocycles. The highest BCUT2D eigenvalue weighted by molar-refractivity contribution is 5.94. The minimum atomic E-state index is -1.64. The first-order valence-corrected chi connectivity index (χ1v) is 7.69. The average Bonchev–Trinajstić information content (AvgIpc) is 2.66. The Bertz CT molecular complexity index is 855. The number of carbonyl (C=O) groups is 1. The Morgan fingerprint density at radius 3 is 2.40 bits per heavy atom. The van der Waals surface area contributed by atoms with Crippen molar-refractivity contribution in [1.29, 1.82) is 5.26 Å². The SMILES string of the molecule is N#Cc1cccc(N2CCN(C(=O)c3ccc(F)c(F)c3F)CC2)c1. The second-order valence-corrected chi connectivity index (χ2v) is 5.66. The maximum absolute atomic E-state index is 13.8. The fraction of sp³-hybridized carbons (Fsp3) is 0.222. The predicted molar refractivity (Wildman–Crippen MR) is 85.6 cm³/mol. The van der Waals surface area contributed by atoms with Gasteiger partial charge in [0, 0.05) is 31.9 Å². The minimum Gasteiger partial charge on any atom is -0.368 e. The van der Waals surface area contributed by atoms with E-state index in [9.17, 15) is 18.0 Å². The summed E-state index contributed by atoms with van der Waals surface area (Å²) in [7, 11) is 0. The molecule has 0 N–H and O–H groups in total. The van der Waals surface area contributed by atoms with Crippen LogP contribution in [0.2, 0.25) is 0 Å². The summed E-state index contributed by atoms with van der Waals surface area (Å²) < 4.78 is 40.1. The molecule has 0 aromatic heterocycles. The molecule has 0 bridgehead atoms. The van der Waals surface area contributed by atoms with Crippen molar-refractivity contribution in [3.8, 4) is 6.07 Å². The van der Waals surface area contributed by atoms with Gasteiger partial charge in [-0.3, -0.25) is 4.79 Å². The first-order chi connectivity index (χ1) is 12.0. The summed E-state index contributed by atoms with van der Waals surface area (Å²) in [5.74, 6) is -5.09. The molecule has 3 rings (SSSR count). The van der Waals surface area contributed by atoms with E-state index in [2.05, 4.69) is 6.07 Å². The highest BCUT2D eigenvalue weighted by atomic mass is 19.2. The highest BCUT2D eigenvalue weighted by Gasteiger charge is 2.26. The molecule has 0 saturated carbocycles. The van der Waals surface area contributed by atoms with Crippen LogP contribution in [0.1, 0.15) is 15.9 Å². The lowest BCUT2D eigenvalue weighted by Crippen LogP contribution is -2.49. The molecule has 25 heavy (non-hydrogen) atoms. The number of hydrogen-bond donors (Lipinski definition) is 0. The number of hydrogen-bond acceptors (Lipinski definition) is 3. The molecule has 0 atom stereocenters. The number of nitrogens with zero attached hydrogens (tertiary/aromatic N) is 3. The van der Waals surface area contributed by atoms with Crippen molar-refractivity contribution in [3.63, 3.8) is 0 Å². The van der Waals surface area contributed by atoms with Gasteiger partial charge in [0.15, 0.2) is 17.5 Å². The van der Waals surface area contributed by atoms with Crippen LogP contribution in [0.4, 0.5) is 18.9 Å². The third kappa shape index (κ3) is 3.29. The van der Waals surface area contributed by atoms with Gasteiger partial charge in [0.05, 0.1) is 17.2 Å². The van der Waals surface area contributed by atoms with Gasteiger partial charge in [0.25, 0.3) is 5.91 Å². The van der Waals surface area contributed by atoms with E-state index in [1.807, 2.05) is 11.0 Å². The summed E-state index contributed by atoms with van der Waals surface area (Å²) in [6.45, 7) is 1.61. The number of halogens is 3. The molecule has 0 unspecified atom stereocenters. The molecule has 128 valence electrons. The van der Waals surface area contributed by atoms with Crippen LogP contribution in [0.3, 0.4) is 0 Å². The number of nitriles is 1. The second-order valence-electron chi connectivity index (χ2n) is 5.66. The van der Waals surface area contributed by atoms with Crippen molar-refractivity contribution >= 4 is 11.6 Å². The Morgan fingerprint density at radius 2 is 1.72 bits per heavy atom. The van der Waals surface area contributed by atoms with Crippen molar-refractivity contribution in [1.82, 2.24) is 4.90 Å². The van der Waals surface area contributed by atoms with E-state index in [4.69, 9.17) is 5.26 Å². The van der Waals surface area contributed by atoms with Gasteiger partial charge in [-0.1, -0.05) is 6.07 Å². The Morgan fingerprint density at radius 1 is 1.00 bits per heavy atom. The van der Waals surface area contributed by atoms with E-state index in [0.29, 0.717) is 31.7 Å². The second kappa shape index (κ2) is 6.85. The molecule has 1 heterocycles. The molecular weight excluding hydrogens is 331 g/mol. The maximum atomic E-state index is 13.8. The molecule has 1 fully saturated rings. The van der Waals surface area contributed by atoms with Gasteiger partial charge >= 0.3 is 0 Å². The molecule has 0 radical (unpaired) electrons. The van der Waals surface area contributed by atoms with Crippen LogP contribution in [0.5, 0.6) is 0 Å². The third-order valence-corrected chi connectivity index (χ3v) is 4.17. The smallest absolute Gasteiger partial charge is 0.257 e. The lowest BCUT2D eigenvalue weighted by Gasteiger charge is -2.36. The molecule has 1 saturated heterocycles. The summed E-state index contributed by atoms with van der Waals surface area (Å²) in [5.41, 5.74) is 0.934. The van der Waals surface area contributed by atoms with E-state index in [1.165, 1.54) is 4.90 Å². The molecule has 4 nitrogen and oxygen atoms in total. The van der Waals surface area contributed by atoms with Crippen LogP contribution < -0.4 is 4.90 Å². The number of piperazine rings is 1. The Kier molecular flexibility index (Phi) is 4.61. The molecule has 0 aliphatic carbocycles. The number of amides is 1. The van der Waals surface area contributed by atoms with Crippen molar-refractivity contribution in [2.75, 3.05) is 31.1 Å². The van der Waals surface area contributed by atoms with Crippen molar-refractivity contribution in [2.24, 2.45) is 0 Å². The summed E-state index contributed by atoms with van der Waals surface area (Å²) in [6.07, 6.45) is 0. The lowest BCUT2D eigenvalue weighted by molar-refractivity contribution is 0.0740. The summed E-state index contributed by atoms with van der Waals surface area (Å²) in [5, 5.41) is 8.95. The zero-order valence-electron chi connectivity index (χ0n) is 13.2. The number of carbonyl (C=O) groups excluding carboxylic acids is 1. The van der Waals surface area contributed by atoms with E-state index >= 15 is 0 Å². The van der Waals surface area contributed by atoms with Gasteiger partial charge in [0.2, 0.25) is 0 Å². The van der Waals surface area contributed by atoms with Crippen molar-refractivity contribution < 1.29 is 18.0 Å². The van der Waals surface area contributed by atoms with Crippen molar-refractivity contribution in [2.45, 2.75) is 0 Å². The van der Waals surface area contributed by atoms with E-state index in [-0.39, 0.29) is 0 Å². The molecule has 2 aromatic carbocycles. The average molecular weight is 345 g/mol. The standard InChI is InChI=1S/C18H14F3N3O/c19-15-5-4-14(16(20)17(15)21)18(25)24-8-6-23(7-9-24)13-3-1-2-12(10-13)11-22/h1-5,10H,6-9H2. The molecule has 7 heteroatoms. The van der Waals surface area contributed by atoms with Crippen molar-refractivity contribution in [3.05, 3.63) is 65.0 Å². The summed E-state index contributed by atoms with van der Waals surface area (Å²) >= 11 is 0. The quantitative estimate of drug-likeness (QED) is 0.787. The molecule has 1 amide bonds. The lowest BCUT2D eigenvalue weighted by atomic mass is 10.1. The van der Waals surface area contributed by atoms with E-state index in [0.717, 1.165) is 17.8 Å². The molecule has 0 spiro atoms. The zero-order chi connectivity index (χ0) is 18.0. The van der Waals surface area contributed by atoms with Crippen LogP contribution in [-0.4, -0.2) is 37.0 Å². The maximum Gasteiger partial charge on any atom is 0.257 e. The Hall–Kier alpha value is -3.01. The topological polar surface area (TPSA) is 47.3 Å². The third-order valence-electron chi connectivity index (χ3n) is 4.17. The van der Waals surface area contributed by atoms with E-state index < -0.39 is 28.9 Å². The fourth-order valence-electron chi connectivity index (χ4n) is 2.80. The Labute approximate surface area is 142 Å². The molecular formula is C18H14F3N3O. The predicted octanol–water partition coefficient (Wildman–Crippen LogP) is 2.94. The fourth-order valence-corrected chi connectivity index (χ4v) is 2.80. The first-order valence-electron chi connectivity index (χ1n) is 7.69. The summed E-state index contributed by atoms with van der Waals surface area (Å²) in [6, 6.07) is 10.9. The van der Waals surface area contributed by atoms with Gasteiger partial charge in [-0.15, -0.1) is 0 Å². The monoisotopic (exact) mass is 345 g/mol. The number of benzene rings is 2. The largest absolute Gasteiger partial charge is 0.368 e. The van der Waals surface area contributed by atoms with Crippen LogP contribution in [0, 0.1) is 28.8 Å². The van der Waals surface area contributed by atoms with Gasteiger partial charge in [-0.05, 0) is 30.3 Å². The van der Waals surface area contributed by atoms with E-state index in [1.54, 1.807) is 18.2 Å². The highest BCUT2D eigenvalue weighted by Crippen LogP contribution is 2.21.